The number of carbonyl (C=O) groups is 1. The van der Waals surface area contributed by atoms with Gasteiger partial charge in [0.1, 0.15) is 0 Å². The van der Waals surface area contributed by atoms with Gasteiger partial charge in [-0.3, -0.25) is 4.79 Å². The molecule has 0 bridgehead atoms. The molecular formula is C13H14F3NO3. The van der Waals surface area contributed by atoms with Crippen LogP contribution in [0.2, 0.25) is 0 Å². The highest BCUT2D eigenvalue weighted by atomic mass is 19.4. The minimum atomic E-state index is -4.41. The molecule has 0 saturated heterocycles. The Morgan fingerprint density at radius 3 is 2.50 bits per heavy atom. The van der Waals surface area contributed by atoms with Gasteiger partial charge >= 0.3 is 12.1 Å². The molecule has 1 saturated carbocycles. The molecule has 2 rings (SSSR count). The van der Waals surface area contributed by atoms with Crippen molar-refractivity contribution in [2.75, 3.05) is 7.11 Å². The van der Waals surface area contributed by atoms with Gasteiger partial charge in [-0.2, -0.15) is 13.2 Å². The zero-order valence-corrected chi connectivity index (χ0v) is 10.8. The van der Waals surface area contributed by atoms with Crippen molar-refractivity contribution in [3.05, 3.63) is 23.9 Å². The maximum atomic E-state index is 13.2. The van der Waals surface area contributed by atoms with Gasteiger partial charge in [-0.1, -0.05) is 6.07 Å². The number of hydrogen-bond donors (Lipinski definition) is 1. The van der Waals surface area contributed by atoms with Gasteiger partial charge in [0.15, 0.2) is 0 Å². The van der Waals surface area contributed by atoms with Crippen LogP contribution < -0.4 is 4.74 Å². The minimum Gasteiger partial charge on any atom is -0.481 e. The van der Waals surface area contributed by atoms with Gasteiger partial charge in [-0.15, -0.1) is 0 Å². The third kappa shape index (κ3) is 2.57. The first-order valence-electron chi connectivity index (χ1n) is 6.08. The van der Waals surface area contributed by atoms with E-state index in [4.69, 9.17) is 9.84 Å². The summed E-state index contributed by atoms with van der Waals surface area (Å²) < 4.78 is 44.4. The van der Waals surface area contributed by atoms with E-state index in [1.807, 2.05) is 0 Å². The molecule has 0 amide bonds. The highest BCUT2D eigenvalue weighted by Gasteiger charge is 2.67. The summed E-state index contributed by atoms with van der Waals surface area (Å²) in [4.78, 5) is 14.8. The van der Waals surface area contributed by atoms with Crippen LogP contribution in [-0.4, -0.2) is 29.3 Å². The standard InChI is InChI=1S/C13H14F3NO3/c1-20-10-3-2-8(7-17-10)9(6-11(18)19)12(4-5-12)13(14,15)16/h2-3,7,9H,4-6H2,1H3,(H,18,19). The van der Waals surface area contributed by atoms with Crippen molar-refractivity contribution in [3.8, 4) is 5.88 Å². The van der Waals surface area contributed by atoms with Crippen LogP contribution in [0, 0.1) is 5.41 Å². The SMILES string of the molecule is COc1ccc(C(CC(=O)O)C2(C(F)(F)F)CC2)cn1. The summed E-state index contributed by atoms with van der Waals surface area (Å²) in [5.74, 6) is -2.08. The second kappa shape index (κ2) is 4.96. The molecule has 0 radical (unpaired) electrons. The molecule has 1 N–H and O–H groups in total. The number of alkyl halides is 3. The average molecular weight is 289 g/mol. The van der Waals surface area contributed by atoms with E-state index in [2.05, 4.69) is 4.98 Å². The molecule has 20 heavy (non-hydrogen) atoms. The maximum Gasteiger partial charge on any atom is 0.395 e. The highest BCUT2D eigenvalue weighted by molar-refractivity contribution is 5.68. The summed E-state index contributed by atoms with van der Waals surface area (Å²) in [6.07, 6.45) is -3.79. The first-order valence-corrected chi connectivity index (χ1v) is 6.08. The first kappa shape index (κ1) is 14.6. The second-order valence-electron chi connectivity index (χ2n) is 4.94. The molecule has 1 aliphatic carbocycles. The van der Waals surface area contributed by atoms with Crippen molar-refractivity contribution in [1.82, 2.24) is 4.98 Å². The van der Waals surface area contributed by atoms with E-state index in [-0.39, 0.29) is 24.3 Å². The van der Waals surface area contributed by atoms with Crippen LogP contribution in [0.1, 0.15) is 30.7 Å². The molecule has 0 spiro atoms. The lowest BCUT2D eigenvalue weighted by Crippen LogP contribution is -2.32. The fourth-order valence-electron chi connectivity index (χ4n) is 2.49. The number of rotatable bonds is 5. The van der Waals surface area contributed by atoms with E-state index in [1.54, 1.807) is 0 Å². The monoisotopic (exact) mass is 289 g/mol. The Hall–Kier alpha value is -1.79. The Kier molecular flexibility index (Phi) is 3.62. The maximum absolute atomic E-state index is 13.2. The van der Waals surface area contributed by atoms with Crippen molar-refractivity contribution < 1.29 is 27.8 Å². The number of ether oxygens (including phenoxy) is 1. The third-order valence-electron chi connectivity index (χ3n) is 3.77. The minimum absolute atomic E-state index is 0.0412. The topological polar surface area (TPSA) is 59.4 Å². The van der Waals surface area contributed by atoms with E-state index in [0.29, 0.717) is 0 Å². The summed E-state index contributed by atoms with van der Waals surface area (Å²) in [7, 11) is 1.40. The Balaban J connectivity index is 2.35. The van der Waals surface area contributed by atoms with E-state index in [0.717, 1.165) is 0 Å². The van der Waals surface area contributed by atoms with Crippen molar-refractivity contribution >= 4 is 5.97 Å². The lowest BCUT2D eigenvalue weighted by molar-refractivity contribution is -0.195. The van der Waals surface area contributed by atoms with Crippen LogP contribution in [0.15, 0.2) is 18.3 Å². The largest absolute Gasteiger partial charge is 0.481 e. The van der Waals surface area contributed by atoms with Crippen molar-refractivity contribution in [2.24, 2.45) is 5.41 Å². The van der Waals surface area contributed by atoms with E-state index < -0.39 is 29.9 Å². The molecule has 1 fully saturated rings. The van der Waals surface area contributed by atoms with Gasteiger partial charge in [-0.05, 0) is 18.4 Å². The predicted molar refractivity (Wildman–Crippen MR) is 63.5 cm³/mol. The number of carboxylic acids is 1. The Morgan fingerprint density at radius 1 is 1.50 bits per heavy atom. The lowest BCUT2D eigenvalue weighted by Gasteiger charge is -2.28. The van der Waals surface area contributed by atoms with E-state index in [1.165, 1.54) is 25.4 Å². The Bertz CT molecular complexity index is 495. The van der Waals surface area contributed by atoms with Gasteiger partial charge in [0.2, 0.25) is 5.88 Å². The zero-order chi connectivity index (χ0) is 15.0. The molecular weight excluding hydrogens is 275 g/mol. The molecule has 0 aromatic carbocycles. The number of aromatic nitrogens is 1. The van der Waals surface area contributed by atoms with Crippen LogP contribution in [0.25, 0.3) is 0 Å². The van der Waals surface area contributed by atoms with Crippen LogP contribution in [0.3, 0.4) is 0 Å². The molecule has 1 unspecified atom stereocenters. The van der Waals surface area contributed by atoms with E-state index in [9.17, 15) is 18.0 Å². The smallest absolute Gasteiger partial charge is 0.395 e. The van der Waals surface area contributed by atoms with Gasteiger partial charge in [-0.25, -0.2) is 4.98 Å². The van der Waals surface area contributed by atoms with Crippen LogP contribution in [-0.2, 0) is 4.79 Å². The van der Waals surface area contributed by atoms with Crippen LogP contribution >= 0.6 is 0 Å². The Morgan fingerprint density at radius 2 is 2.15 bits per heavy atom. The third-order valence-corrected chi connectivity index (χ3v) is 3.77. The summed E-state index contributed by atoms with van der Waals surface area (Å²) in [6.45, 7) is 0. The van der Waals surface area contributed by atoms with Gasteiger partial charge < -0.3 is 9.84 Å². The second-order valence-corrected chi connectivity index (χ2v) is 4.94. The van der Waals surface area contributed by atoms with Gasteiger partial charge in [0, 0.05) is 18.2 Å². The molecule has 1 atom stereocenters. The normalized spacial score (nSPS) is 18.4. The summed E-state index contributed by atoms with van der Waals surface area (Å²) in [5, 5.41) is 8.89. The lowest BCUT2D eigenvalue weighted by atomic mass is 9.81. The van der Waals surface area contributed by atoms with Crippen molar-refractivity contribution in [1.29, 1.82) is 0 Å². The molecule has 1 aromatic heterocycles. The number of aliphatic carboxylic acids is 1. The fraction of sp³-hybridized carbons (Fsp3) is 0.538. The quantitative estimate of drug-likeness (QED) is 0.905. The summed E-state index contributed by atoms with van der Waals surface area (Å²) >= 11 is 0. The number of methoxy groups -OCH3 is 1. The summed E-state index contributed by atoms with van der Waals surface area (Å²) in [6, 6.07) is 2.89. The molecule has 1 aliphatic rings. The predicted octanol–water partition coefficient (Wildman–Crippen LogP) is 2.99. The molecule has 4 nitrogen and oxygen atoms in total. The molecule has 7 heteroatoms. The number of halogens is 3. The molecule has 0 aliphatic heterocycles. The zero-order valence-electron chi connectivity index (χ0n) is 10.8. The molecule has 110 valence electrons. The first-order chi connectivity index (χ1) is 9.30. The highest BCUT2D eigenvalue weighted by Crippen LogP contribution is 2.66. The number of pyridine rings is 1. The van der Waals surface area contributed by atoms with E-state index >= 15 is 0 Å². The number of hydrogen-bond acceptors (Lipinski definition) is 3. The van der Waals surface area contributed by atoms with Crippen molar-refractivity contribution in [2.45, 2.75) is 31.4 Å². The number of carboxylic acid groups (broad SMARTS) is 1. The summed E-state index contributed by atoms with van der Waals surface area (Å²) in [5.41, 5.74) is -1.65. The van der Waals surface area contributed by atoms with Crippen LogP contribution in [0.4, 0.5) is 13.2 Å². The fourth-order valence-corrected chi connectivity index (χ4v) is 2.49. The van der Waals surface area contributed by atoms with Gasteiger partial charge in [0.05, 0.1) is 18.9 Å². The average Bonchev–Trinajstić information content (AvgIpc) is 3.17. The molecule has 1 heterocycles. The van der Waals surface area contributed by atoms with Gasteiger partial charge in [0.25, 0.3) is 0 Å². The molecule has 1 aromatic rings. The van der Waals surface area contributed by atoms with Crippen molar-refractivity contribution in [3.63, 3.8) is 0 Å². The number of nitrogens with zero attached hydrogens (tertiary/aromatic N) is 1. The Labute approximate surface area is 113 Å². The van der Waals surface area contributed by atoms with Crippen LogP contribution in [0.5, 0.6) is 5.88 Å².